The second-order valence-corrected chi connectivity index (χ2v) is 7.72. The van der Waals surface area contributed by atoms with Gasteiger partial charge in [-0.3, -0.25) is 4.79 Å². The molecular formula is C22H22O4. The molecule has 2 aromatic rings. The fourth-order valence-corrected chi connectivity index (χ4v) is 5.22. The van der Waals surface area contributed by atoms with E-state index in [1.54, 1.807) is 14.2 Å². The predicted octanol–water partition coefficient (Wildman–Crippen LogP) is 4.40. The first-order valence-corrected chi connectivity index (χ1v) is 9.20. The van der Waals surface area contributed by atoms with E-state index in [2.05, 4.69) is 13.0 Å². The van der Waals surface area contributed by atoms with E-state index in [9.17, 15) is 4.79 Å². The quantitative estimate of drug-likeness (QED) is 0.805. The van der Waals surface area contributed by atoms with Crippen molar-refractivity contribution in [2.75, 3.05) is 20.8 Å². The van der Waals surface area contributed by atoms with E-state index in [4.69, 9.17) is 14.2 Å². The molecule has 0 amide bonds. The van der Waals surface area contributed by atoms with Gasteiger partial charge in [0, 0.05) is 27.7 Å². The van der Waals surface area contributed by atoms with Gasteiger partial charge < -0.3 is 14.2 Å². The summed E-state index contributed by atoms with van der Waals surface area (Å²) >= 11 is 0. The van der Waals surface area contributed by atoms with Gasteiger partial charge in [0.1, 0.15) is 11.5 Å². The highest BCUT2D eigenvalue weighted by molar-refractivity contribution is 6.14. The fourth-order valence-electron chi connectivity index (χ4n) is 5.22. The summed E-state index contributed by atoms with van der Waals surface area (Å²) in [6.45, 7) is 2.92. The Labute approximate surface area is 152 Å². The van der Waals surface area contributed by atoms with E-state index in [1.165, 1.54) is 5.57 Å². The first kappa shape index (κ1) is 15.7. The van der Waals surface area contributed by atoms with Crippen molar-refractivity contribution in [3.05, 3.63) is 46.7 Å². The van der Waals surface area contributed by atoms with Crippen molar-refractivity contribution >= 4 is 16.6 Å². The van der Waals surface area contributed by atoms with Crippen LogP contribution in [0.5, 0.6) is 11.5 Å². The van der Waals surface area contributed by atoms with Gasteiger partial charge in [0.25, 0.3) is 0 Å². The summed E-state index contributed by atoms with van der Waals surface area (Å²) in [6.07, 6.45) is 3.31. The second kappa shape index (κ2) is 5.26. The number of rotatable bonds is 2. The molecular weight excluding hydrogens is 328 g/mol. The molecule has 1 saturated carbocycles. The smallest absolute Gasteiger partial charge is 0.227 e. The zero-order valence-electron chi connectivity index (χ0n) is 15.3. The van der Waals surface area contributed by atoms with E-state index >= 15 is 0 Å². The molecule has 4 nitrogen and oxygen atoms in total. The molecule has 0 unspecified atom stereocenters. The topological polar surface area (TPSA) is 44.8 Å². The van der Waals surface area contributed by atoms with Crippen LogP contribution in [0.4, 0.5) is 0 Å². The molecule has 2 aliphatic carbocycles. The predicted molar refractivity (Wildman–Crippen MR) is 99.1 cm³/mol. The summed E-state index contributed by atoms with van der Waals surface area (Å²) in [5.74, 6) is 2.54. The number of allylic oxidation sites excluding steroid dienone is 1. The first-order chi connectivity index (χ1) is 12.6. The Morgan fingerprint density at radius 3 is 2.50 bits per heavy atom. The van der Waals surface area contributed by atoms with Gasteiger partial charge >= 0.3 is 0 Å². The number of carbonyl (C=O) groups excluding carboxylic acids is 1. The molecule has 2 aromatic carbocycles. The summed E-state index contributed by atoms with van der Waals surface area (Å²) < 4.78 is 17.0. The standard InChI is InChI=1S/C22H22O4/c1-22-8-4-5-12-11-26-21(19(12)22)20(23)15-9-13-14(10-16(15)22)18(25-3)7-6-17(13)24-2/h6-7,9-10,12H,4-5,8,11H2,1-3H3/t12-,22+/m1/s1. The number of carbonyl (C=O) groups is 1. The number of hydrogen-bond donors (Lipinski definition) is 0. The van der Waals surface area contributed by atoms with Crippen molar-refractivity contribution in [1.29, 1.82) is 0 Å². The molecule has 134 valence electrons. The molecule has 0 spiro atoms. The molecule has 1 aliphatic heterocycles. The Morgan fingerprint density at radius 1 is 1.12 bits per heavy atom. The Morgan fingerprint density at radius 2 is 1.81 bits per heavy atom. The van der Waals surface area contributed by atoms with E-state index in [0.29, 0.717) is 18.3 Å². The summed E-state index contributed by atoms with van der Waals surface area (Å²) in [5, 5.41) is 1.89. The van der Waals surface area contributed by atoms with Crippen LogP contribution in [0.2, 0.25) is 0 Å². The number of methoxy groups -OCH3 is 2. The highest BCUT2D eigenvalue weighted by Gasteiger charge is 2.50. The van der Waals surface area contributed by atoms with Crippen LogP contribution in [0.25, 0.3) is 10.8 Å². The van der Waals surface area contributed by atoms with E-state index in [0.717, 1.165) is 52.7 Å². The monoisotopic (exact) mass is 350 g/mol. The van der Waals surface area contributed by atoms with Gasteiger partial charge in [0.15, 0.2) is 5.76 Å². The molecule has 26 heavy (non-hydrogen) atoms. The van der Waals surface area contributed by atoms with Crippen molar-refractivity contribution in [2.24, 2.45) is 5.92 Å². The maximum atomic E-state index is 13.2. The molecule has 4 heteroatoms. The third-order valence-corrected chi connectivity index (χ3v) is 6.47. The number of hydrogen-bond acceptors (Lipinski definition) is 4. The molecule has 3 aliphatic rings. The molecule has 1 fully saturated rings. The lowest BCUT2D eigenvalue weighted by molar-refractivity contribution is 0.0929. The molecule has 0 aromatic heterocycles. The Hall–Kier alpha value is -2.49. The van der Waals surface area contributed by atoms with Crippen LogP contribution in [0.15, 0.2) is 35.6 Å². The molecule has 0 saturated heterocycles. The van der Waals surface area contributed by atoms with Gasteiger partial charge in [-0.25, -0.2) is 0 Å². The zero-order chi connectivity index (χ0) is 18.1. The zero-order valence-corrected chi connectivity index (χ0v) is 15.3. The average molecular weight is 350 g/mol. The van der Waals surface area contributed by atoms with Crippen molar-refractivity contribution in [1.82, 2.24) is 0 Å². The van der Waals surface area contributed by atoms with Crippen molar-refractivity contribution in [3.63, 3.8) is 0 Å². The van der Waals surface area contributed by atoms with Crippen LogP contribution < -0.4 is 9.47 Å². The largest absolute Gasteiger partial charge is 0.496 e. The van der Waals surface area contributed by atoms with Crippen LogP contribution in [0.1, 0.15) is 42.1 Å². The van der Waals surface area contributed by atoms with Gasteiger partial charge in [0.2, 0.25) is 5.78 Å². The number of benzene rings is 2. The van der Waals surface area contributed by atoms with Crippen LogP contribution in [-0.4, -0.2) is 26.6 Å². The number of ether oxygens (including phenoxy) is 3. The first-order valence-electron chi connectivity index (χ1n) is 9.20. The normalized spacial score (nSPS) is 26.4. The van der Waals surface area contributed by atoms with Gasteiger partial charge in [-0.15, -0.1) is 0 Å². The lowest BCUT2D eigenvalue weighted by Crippen LogP contribution is -2.37. The molecule has 1 heterocycles. The molecule has 0 bridgehead atoms. The lowest BCUT2D eigenvalue weighted by Gasteiger charge is -2.42. The lowest BCUT2D eigenvalue weighted by atomic mass is 9.60. The van der Waals surface area contributed by atoms with Crippen LogP contribution in [0, 0.1) is 5.92 Å². The maximum absolute atomic E-state index is 13.2. The van der Waals surface area contributed by atoms with Crippen LogP contribution >= 0.6 is 0 Å². The number of ketones is 1. The van der Waals surface area contributed by atoms with Crippen LogP contribution in [0.3, 0.4) is 0 Å². The summed E-state index contributed by atoms with van der Waals surface area (Å²) in [7, 11) is 3.33. The Balaban J connectivity index is 1.85. The second-order valence-electron chi connectivity index (χ2n) is 7.72. The van der Waals surface area contributed by atoms with Gasteiger partial charge in [-0.05, 0) is 48.2 Å². The van der Waals surface area contributed by atoms with Crippen molar-refractivity contribution in [3.8, 4) is 11.5 Å². The SMILES string of the molecule is COc1ccc(OC)c2cc3c(cc12)C(=O)C1=C2[C@H](CCC[C@]23C)CO1. The van der Waals surface area contributed by atoms with Gasteiger partial charge in [0.05, 0.1) is 20.8 Å². The van der Waals surface area contributed by atoms with Crippen LogP contribution in [-0.2, 0) is 10.2 Å². The molecule has 5 rings (SSSR count). The fraction of sp³-hybridized carbons (Fsp3) is 0.409. The third kappa shape index (κ3) is 1.82. The minimum absolute atomic E-state index is 0.0173. The summed E-state index contributed by atoms with van der Waals surface area (Å²) in [6, 6.07) is 7.92. The molecule has 0 radical (unpaired) electrons. The highest BCUT2D eigenvalue weighted by atomic mass is 16.5. The average Bonchev–Trinajstić information content (AvgIpc) is 3.10. The highest BCUT2D eigenvalue weighted by Crippen LogP contribution is 2.55. The van der Waals surface area contributed by atoms with Gasteiger partial charge in [-0.1, -0.05) is 13.3 Å². The van der Waals surface area contributed by atoms with Crippen molar-refractivity contribution < 1.29 is 19.0 Å². The Bertz CT molecular complexity index is 987. The minimum Gasteiger partial charge on any atom is -0.496 e. The number of fused-ring (bicyclic) bond motifs is 3. The third-order valence-electron chi connectivity index (χ3n) is 6.47. The van der Waals surface area contributed by atoms with E-state index in [1.807, 2.05) is 18.2 Å². The van der Waals surface area contributed by atoms with Crippen molar-refractivity contribution in [2.45, 2.75) is 31.6 Å². The number of Topliss-reactive ketones (excluding diaryl/α,β-unsaturated/α-hetero) is 1. The summed E-state index contributed by atoms with van der Waals surface area (Å²) in [4.78, 5) is 13.2. The summed E-state index contributed by atoms with van der Waals surface area (Å²) in [5.41, 5.74) is 2.94. The molecule has 2 atom stereocenters. The Kier molecular flexibility index (Phi) is 3.18. The van der Waals surface area contributed by atoms with E-state index in [-0.39, 0.29) is 11.2 Å². The van der Waals surface area contributed by atoms with E-state index < -0.39 is 0 Å². The molecule has 0 N–H and O–H groups in total. The minimum atomic E-state index is -0.139. The maximum Gasteiger partial charge on any atom is 0.227 e. The van der Waals surface area contributed by atoms with Gasteiger partial charge in [-0.2, -0.15) is 0 Å².